The summed E-state index contributed by atoms with van der Waals surface area (Å²) in [5.74, 6) is -0.0807. The number of ether oxygens (including phenoxy) is 1. The molecule has 164 valence electrons. The predicted molar refractivity (Wildman–Crippen MR) is 116 cm³/mol. The zero-order chi connectivity index (χ0) is 21.4. The SMILES string of the molecule is O=C1CC[C@H](C(=O)N2CCC(CNc3nc4c(s3)CCCc3ccc(F)cc3-4)CC2)O1. The molecule has 0 spiro atoms. The van der Waals surface area contributed by atoms with Crippen molar-refractivity contribution in [2.45, 2.75) is 51.0 Å². The Balaban J connectivity index is 1.18. The number of benzene rings is 1. The summed E-state index contributed by atoms with van der Waals surface area (Å²) in [5, 5.41) is 4.37. The van der Waals surface area contributed by atoms with Crippen LogP contribution in [-0.2, 0) is 27.2 Å². The zero-order valence-corrected chi connectivity index (χ0v) is 18.2. The van der Waals surface area contributed by atoms with Crippen LogP contribution in [0.2, 0.25) is 0 Å². The highest BCUT2D eigenvalue weighted by atomic mass is 32.1. The van der Waals surface area contributed by atoms with E-state index in [4.69, 9.17) is 9.72 Å². The van der Waals surface area contributed by atoms with Crippen molar-refractivity contribution in [3.63, 3.8) is 0 Å². The highest BCUT2D eigenvalue weighted by Gasteiger charge is 2.34. The minimum absolute atomic E-state index is 0.0492. The zero-order valence-electron chi connectivity index (χ0n) is 17.4. The molecule has 5 rings (SSSR count). The lowest BCUT2D eigenvalue weighted by atomic mass is 9.96. The molecule has 0 radical (unpaired) electrons. The number of amides is 1. The van der Waals surface area contributed by atoms with Crippen LogP contribution in [0.15, 0.2) is 18.2 Å². The van der Waals surface area contributed by atoms with Crippen LogP contribution in [0.25, 0.3) is 11.3 Å². The molecule has 0 saturated carbocycles. The molecule has 2 aromatic rings. The van der Waals surface area contributed by atoms with Crippen LogP contribution in [0, 0.1) is 11.7 Å². The normalized spacial score (nSPS) is 21.3. The van der Waals surface area contributed by atoms with Gasteiger partial charge in [-0.05, 0) is 55.7 Å². The molecule has 8 heteroatoms. The number of carbonyl (C=O) groups is 2. The number of rotatable bonds is 4. The Labute approximate surface area is 184 Å². The molecule has 31 heavy (non-hydrogen) atoms. The number of anilines is 1. The Morgan fingerprint density at radius 2 is 2.06 bits per heavy atom. The molecule has 1 aromatic carbocycles. The van der Waals surface area contributed by atoms with Crippen LogP contribution in [0.5, 0.6) is 0 Å². The molecule has 3 aliphatic rings. The van der Waals surface area contributed by atoms with E-state index < -0.39 is 6.10 Å². The number of aryl methyl sites for hydroxylation is 2. The second-order valence-electron chi connectivity index (χ2n) is 8.61. The Kier molecular flexibility index (Phi) is 5.65. The van der Waals surface area contributed by atoms with Crippen LogP contribution in [0.3, 0.4) is 0 Å². The van der Waals surface area contributed by atoms with Crippen LogP contribution in [0.1, 0.15) is 42.5 Å². The van der Waals surface area contributed by atoms with E-state index in [1.807, 2.05) is 11.0 Å². The number of hydrogen-bond donors (Lipinski definition) is 1. The van der Waals surface area contributed by atoms with E-state index in [0.717, 1.165) is 55.0 Å². The fraction of sp³-hybridized carbons (Fsp3) is 0.522. The van der Waals surface area contributed by atoms with E-state index in [0.29, 0.717) is 31.8 Å². The van der Waals surface area contributed by atoms with Crippen molar-refractivity contribution >= 4 is 28.3 Å². The molecule has 3 heterocycles. The summed E-state index contributed by atoms with van der Waals surface area (Å²) < 4.78 is 18.9. The Morgan fingerprint density at radius 3 is 2.84 bits per heavy atom. The first-order chi connectivity index (χ1) is 15.1. The molecule has 1 atom stereocenters. The summed E-state index contributed by atoms with van der Waals surface area (Å²) in [6.45, 7) is 2.20. The van der Waals surface area contributed by atoms with E-state index in [-0.39, 0.29) is 17.7 Å². The van der Waals surface area contributed by atoms with Gasteiger partial charge in [0.1, 0.15) is 5.82 Å². The number of hydrogen-bond acceptors (Lipinski definition) is 6. The first-order valence-corrected chi connectivity index (χ1v) is 11.9. The average molecular weight is 444 g/mol. The van der Waals surface area contributed by atoms with Gasteiger partial charge in [-0.15, -0.1) is 11.3 Å². The van der Waals surface area contributed by atoms with Crippen molar-refractivity contribution in [1.82, 2.24) is 9.88 Å². The number of carbonyl (C=O) groups excluding carboxylic acids is 2. The third-order valence-electron chi connectivity index (χ3n) is 6.50. The maximum absolute atomic E-state index is 13.8. The summed E-state index contributed by atoms with van der Waals surface area (Å²) in [4.78, 5) is 31.6. The maximum Gasteiger partial charge on any atom is 0.306 e. The van der Waals surface area contributed by atoms with Gasteiger partial charge in [-0.2, -0.15) is 0 Å². The number of fused-ring (bicyclic) bond motifs is 3. The van der Waals surface area contributed by atoms with Crippen LogP contribution in [0.4, 0.5) is 9.52 Å². The lowest BCUT2D eigenvalue weighted by Gasteiger charge is -2.33. The molecule has 2 fully saturated rings. The van der Waals surface area contributed by atoms with Crippen molar-refractivity contribution in [2.24, 2.45) is 5.92 Å². The van der Waals surface area contributed by atoms with Crippen LogP contribution < -0.4 is 5.32 Å². The highest BCUT2D eigenvalue weighted by molar-refractivity contribution is 7.16. The number of aromatic nitrogens is 1. The lowest BCUT2D eigenvalue weighted by molar-refractivity contribution is -0.153. The number of cyclic esters (lactones) is 1. The van der Waals surface area contributed by atoms with Crippen molar-refractivity contribution in [2.75, 3.05) is 25.0 Å². The monoisotopic (exact) mass is 443 g/mol. The van der Waals surface area contributed by atoms with Gasteiger partial charge < -0.3 is 15.0 Å². The van der Waals surface area contributed by atoms with Crippen molar-refractivity contribution in [1.29, 1.82) is 0 Å². The van der Waals surface area contributed by atoms with Gasteiger partial charge in [0.2, 0.25) is 0 Å². The topological polar surface area (TPSA) is 71.5 Å². The molecule has 1 N–H and O–H groups in total. The summed E-state index contributed by atoms with van der Waals surface area (Å²) >= 11 is 1.67. The number of nitrogens with one attached hydrogen (secondary N) is 1. The quantitative estimate of drug-likeness (QED) is 0.728. The van der Waals surface area contributed by atoms with E-state index in [9.17, 15) is 14.0 Å². The third-order valence-corrected chi connectivity index (χ3v) is 7.58. The van der Waals surface area contributed by atoms with Crippen LogP contribution in [-0.4, -0.2) is 47.5 Å². The summed E-state index contributed by atoms with van der Waals surface area (Å²) in [6.07, 6.45) is 5.07. The maximum atomic E-state index is 13.8. The van der Waals surface area contributed by atoms with E-state index >= 15 is 0 Å². The molecule has 2 saturated heterocycles. The van der Waals surface area contributed by atoms with E-state index in [2.05, 4.69) is 5.32 Å². The second-order valence-corrected chi connectivity index (χ2v) is 9.70. The predicted octanol–water partition coefficient (Wildman–Crippen LogP) is 3.79. The molecule has 1 aromatic heterocycles. The van der Waals surface area contributed by atoms with Gasteiger partial charge in [0.25, 0.3) is 5.91 Å². The minimum atomic E-state index is -0.583. The molecule has 0 bridgehead atoms. The number of likely N-dealkylation sites (tertiary alicyclic amines) is 1. The van der Waals surface area contributed by atoms with Gasteiger partial charge in [-0.3, -0.25) is 9.59 Å². The Bertz CT molecular complexity index is 1000. The minimum Gasteiger partial charge on any atom is -0.452 e. The molecule has 1 amide bonds. The fourth-order valence-electron chi connectivity index (χ4n) is 4.73. The lowest BCUT2D eigenvalue weighted by Crippen LogP contribution is -2.44. The van der Waals surface area contributed by atoms with Crippen molar-refractivity contribution in [3.8, 4) is 11.3 Å². The van der Waals surface area contributed by atoms with Gasteiger partial charge in [-0.25, -0.2) is 9.37 Å². The smallest absolute Gasteiger partial charge is 0.306 e. The number of thiazole rings is 1. The summed E-state index contributed by atoms with van der Waals surface area (Å²) in [7, 11) is 0. The van der Waals surface area contributed by atoms with Crippen molar-refractivity contribution in [3.05, 3.63) is 34.5 Å². The van der Waals surface area contributed by atoms with Crippen LogP contribution >= 0.6 is 11.3 Å². The largest absolute Gasteiger partial charge is 0.452 e. The molecule has 2 aliphatic heterocycles. The number of halogens is 1. The van der Waals surface area contributed by atoms with Gasteiger partial charge in [-0.1, -0.05) is 6.07 Å². The van der Waals surface area contributed by atoms with E-state index in [1.165, 1.54) is 16.5 Å². The first kappa shape index (κ1) is 20.4. The highest BCUT2D eigenvalue weighted by Crippen LogP contribution is 2.37. The Morgan fingerprint density at radius 1 is 1.23 bits per heavy atom. The second kappa shape index (κ2) is 8.57. The molecular weight excluding hydrogens is 417 g/mol. The number of nitrogens with zero attached hydrogens (tertiary/aromatic N) is 2. The van der Waals surface area contributed by atoms with Gasteiger partial charge >= 0.3 is 5.97 Å². The first-order valence-electron chi connectivity index (χ1n) is 11.1. The molecule has 6 nitrogen and oxygen atoms in total. The molecular formula is C23H26FN3O3S. The summed E-state index contributed by atoms with van der Waals surface area (Å²) in [6, 6.07) is 5.02. The van der Waals surface area contributed by atoms with Gasteiger partial charge in [0.05, 0.1) is 5.69 Å². The summed E-state index contributed by atoms with van der Waals surface area (Å²) in [5.41, 5.74) is 3.02. The van der Waals surface area contributed by atoms with Gasteiger partial charge in [0.15, 0.2) is 11.2 Å². The Hall–Kier alpha value is -2.48. The van der Waals surface area contributed by atoms with Gasteiger partial charge in [0, 0.05) is 42.9 Å². The third kappa shape index (κ3) is 4.31. The number of esters is 1. The molecule has 1 aliphatic carbocycles. The van der Waals surface area contributed by atoms with Crippen molar-refractivity contribution < 1.29 is 18.7 Å². The molecule has 0 unspecified atom stereocenters. The van der Waals surface area contributed by atoms with E-state index in [1.54, 1.807) is 17.4 Å². The number of piperidine rings is 1. The standard InChI is InChI=1S/C23H26FN3O3S/c24-16-5-4-15-2-1-3-19-21(17(15)12-16)26-23(31-19)25-13-14-8-10-27(11-9-14)22(29)18-6-7-20(28)30-18/h4-5,12,14,18H,1-3,6-11,13H2,(H,25,26)/t18-/m1/s1. The average Bonchev–Trinajstić information content (AvgIpc) is 3.35. The fourth-order valence-corrected chi connectivity index (χ4v) is 5.75.